The van der Waals surface area contributed by atoms with Gasteiger partial charge in [0.1, 0.15) is 18.2 Å². The van der Waals surface area contributed by atoms with E-state index in [1.165, 1.54) is 0 Å². The second-order valence-corrected chi connectivity index (χ2v) is 6.44. The molecular weight excluding hydrogens is 402 g/mol. The van der Waals surface area contributed by atoms with Gasteiger partial charge in [-0.3, -0.25) is 9.79 Å². The van der Waals surface area contributed by atoms with E-state index in [0.29, 0.717) is 12.1 Å². The number of halogens is 6. The predicted molar refractivity (Wildman–Crippen MR) is 92.0 cm³/mol. The van der Waals surface area contributed by atoms with E-state index in [4.69, 9.17) is 5.73 Å². The van der Waals surface area contributed by atoms with Crippen molar-refractivity contribution >= 4 is 17.4 Å². The molecule has 1 amide bonds. The van der Waals surface area contributed by atoms with Gasteiger partial charge in [-0.2, -0.15) is 0 Å². The van der Waals surface area contributed by atoms with Crippen LogP contribution in [0.4, 0.5) is 32.0 Å². The number of amides is 1. The number of nitrogens with one attached hydrogen (secondary N) is 1. The van der Waals surface area contributed by atoms with Crippen LogP contribution in [0, 0.1) is 17.5 Å². The second-order valence-electron chi connectivity index (χ2n) is 6.44. The number of hydrogen-bond donors (Lipinski definition) is 2. The third-order valence-electron chi connectivity index (χ3n) is 4.52. The number of anilines is 1. The Morgan fingerprint density at radius 3 is 2.55 bits per heavy atom. The summed E-state index contributed by atoms with van der Waals surface area (Å²) in [7, 11) is 0. The van der Waals surface area contributed by atoms with Crippen LogP contribution in [0.15, 0.2) is 35.5 Å². The van der Waals surface area contributed by atoms with Crippen molar-refractivity contribution < 1.29 is 31.1 Å². The number of amidine groups is 1. The molecule has 154 valence electrons. The number of aliphatic imine (C=N–C) groups is 1. The molecule has 0 fully saturated rings. The van der Waals surface area contributed by atoms with Gasteiger partial charge in [0, 0.05) is 30.2 Å². The van der Waals surface area contributed by atoms with Crippen molar-refractivity contribution in [2.75, 3.05) is 12.0 Å². The van der Waals surface area contributed by atoms with Gasteiger partial charge in [0.25, 0.3) is 11.8 Å². The van der Waals surface area contributed by atoms with E-state index in [1.54, 1.807) is 0 Å². The van der Waals surface area contributed by atoms with Crippen LogP contribution < -0.4 is 11.1 Å². The molecular formula is C18H14F6N4O. The zero-order chi connectivity index (χ0) is 21.4. The molecule has 0 aliphatic carbocycles. The number of aromatic nitrogens is 1. The van der Waals surface area contributed by atoms with Crippen LogP contribution in [-0.4, -0.2) is 29.3 Å². The van der Waals surface area contributed by atoms with Crippen LogP contribution in [0.2, 0.25) is 0 Å². The highest BCUT2D eigenvalue weighted by Gasteiger charge is 2.58. The maximum Gasteiger partial charge on any atom is 0.280 e. The topological polar surface area (TPSA) is 80.4 Å². The van der Waals surface area contributed by atoms with Crippen LogP contribution in [0.5, 0.6) is 0 Å². The van der Waals surface area contributed by atoms with Crippen molar-refractivity contribution in [3.8, 4) is 0 Å². The van der Waals surface area contributed by atoms with Gasteiger partial charge in [0.2, 0.25) is 0 Å². The van der Waals surface area contributed by atoms with Gasteiger partial charge in [-0.25, -0.2) is 31.3 Å². The van der Waals surface area contributed by atoms with E-state index in [0.717, 1.165) is 18.3 Å². The molecule has 1 aromatic carbocycles. The molecule has 0 spiro atoms. The Kier molecular flexibility index (Phi) is 5.24. The summed E-state index contributed by atoms with van der Waals surface area (Å²) in [6, 6.07) is 3.15. The Morgan fingerprint density at radius 2 is 1.93 bits per heavy atom. The first-order chi connectivity index (χ1) is 13.6. The summed E-state index contributed by atoms with van der Waals surface area (Å²) in [5.41, 5.74) is 0.581. The normalized spacial score (nSPS) is 20.8. The van der Waals surface area contributed by atoms with Crippen LogP contribution in [-0.2, 0) is 5.54 Å². The number of carbonyl (C=O) groups is 1. The van der Waals surface area contributed by atoms with Gasteiger partial charge >= 0.3 is 0 Å². The third kappa shape index (κ3) is 3.64. The van der Waals surface area contributed by atoms with Crippen LogP contribution in [0.25, 0.3) is 0 Å². The predicted octanol–water partition coefficient (Wildman–Crippen LogP) is 3.70. The summed E-state index contributed by atoms with van der Waals surface area (Å²) in [5, 5.41) is 2.13. The fraction of sp³-hybridized carbons (Fsp3) is 0.278. The Morgan fingerprint density at radius 1 is 1.21 bits per heavy atom. The van der Waals surface area contributed by atoms with Crippen LogP contribution >= 0.6 is 0 Å². The molecule has 0 saturated carbocycles. The summed E-state index contributed by atoms with van der Waals surface area (Å²) in [5.74, 6) is -9.20. The molecule has 29 heavy (non-hydrogen) atoms. The van der Waals surface area contributed by atoms with Crippen LogP contribution in [0.3, 0.4) is 0 Å². The zero-order valence-corrected chi connectivity index (χ0v) is 14.7. The van der Waals surface area contributed by atoms with E-state index in [9.17, 15) is 31.1 Å². The van der Waals surface area contributed by atoms with E-state index in [1.807, 2.05) is 0 Å². The van der Waals surface area contributed by atoms with Gasteiger partial charge in [-0.15, -0.1) is 0 Å². The summed E-state index contributed by atoms with van der Waals surface area (Å²) < 4.78 is 84.4. The molecule has 3 N–H and O–H groups in total. The highest BCUT2D eigenvalue weighted by Crippen LogP contribution is 2.48. The minimum absolute atomic E-state index is 0.275. The first-order valence-corrected chi connectivity index (χ1v) is 8.30. The minimum atomic E-state index is -3.86. The van der Waals surface area contributed by atoms with Gasteiger partial charge in [0.15, 0.2) is 17.2 Å². The van der Waals surface area contributed by atoms with Crippen molar-refractivity contribution in [3.63, 3.8) is 0 Å². The lowest BCUT2D eigenvalue weighted by atomic mass is 9.80. The summed E-state index contributed by atoms with van der Waals surface area (Å²) in [4.78, 5) is 19.1. The fourth-order valence-corrected chi connectivity index (χ4v) is 3.00. The van der Waals surface area contributed by atoms with E-state index in [-0.39, 0.29) is 18.0 Å². The molecule has 0 radical (unpaired) electrons. The minimum Gasteiger partial charge on any atom is -0.387 e. The molecule has 0 bridgehead atoms. The first-order valence-electron chi connectivity index (χ1n) is 8.30. The van der Waals surface area contributed by atoms with E-state index < -0.39 is 59.2 Å². The number of rotatable bonds is 4. The molecule has 11 heteroatoms. The number of nitrogens with zero attached hydrogens (tertiary/aromatic N) is 2. The summed E-state index contributed by atoms with van der Waals surface area (Å²) in [6.07, 6.45) is -0.501. The molecule has 2 heterocycles. The Hall–Kier alpha value is -3.11. The zero-order valence-electron chi connectivity index (χ0n) is 14.7. The molecule has 1 aromatic heterocycles. The molecule has 1 unspecified atom stereocenters. The number of alkyl halides is 3. The summed E-state index contributed by atoms with van der Waals surface area (Å²) >= 11 is 0. The van der Waals surface area contributed by atoms with Crippen molar-refractivity contribution in [2.24, 2.45) is 10.7 Å². The highest BCUT2D eigenvalue weighted by atomic mass is 19.3. The van der Waals surface area contributed by atoms with Crippen LogP contribution in [0.1, 0.15) is 28.9 Å². The molecule has 1 aliphatic rings. The SMILES string of the molecule is NC1=NC(CF)(c2cc(NC(=O)c3ccc(F)cn3)cc(F)c2F)C(F)(F)CC1. The Bertz CT molecular complexity index is 979. The molecule has 0 saturated heterocycles. The number of pyridine rings is 1. The lowest BCUT2D eigenvalue weighted by Gasteiger charge is -2.39. The summed E-state index contributed by atoms with van der Waals surface area (Å²) in [6.45, 7) is -1.85. The molecule has 1 atom stereocenters. The fourth-order valence-electron chi connectivity index (χ4n) is 3.00. The second kappa shape index (κ2) is 7.37. The lowest BCUT2D eigenvalue weighted by Crippen LogP contribution is -2.51. The largest absolute Gasteiger partial charge is 0.387 e. The number of hydrogen-bond acceptors (Lipinski definition) is 4. The van der Waals surface area contributed by atoms with E-state index >= 15 is 0 Å². The maximum absolute atomic E-state index is 14.6. The van der Waals surface area contributed by atoms with Gasteiger partial charge in [-0.05, 0) is 18.2 Å². The van der Waals surface area contributed by atoms with Crippen molar-refractivity contribution in [2.45, 2.75) is 24.3 Å². The monoisotopic (exact) mass is 416 g/mol. The standard InChI is InChI=1S/C18H14F6N4O/c19-8-17(18(23,24)4-3-14(25)28-17)11-5-10(6-12(21)15(11)22)27-16(29)13-2-1-9(20)7-26-13/h1-2,5-7H,3-4,8H2,(H2,25,28)(H,27,29). The quantitative estimate of drug-likeness (QED) is 0.746. The van der Waals surface area contributed by atoms with Gasteiger partial charge in [-0.1, -0.05) is 0 Å². The molecule has 1 aliphatic heterocycles. The lowest BCUT2D eigenvalue weighted by molar-refractivity contribution is -0.0960. The smallest absolute Gasteiger partial charge is 0.280 e. The van der Waals surface area contributed by atoms with Crippen molar-refractivity contribution in [3.05, 3.63) is 59.2 Å². The van der Waals surface area contributed by atoms with Crippen molar-refractivity contribution in [1.82, 2.24) is 4.98 Å². The molecule has 2 aromatic rings. The number of carbonyl (C=O) groups excluding carboxylic acids is 1. The maximum atomic E-state index is 14.6. The van der Waals surface area contributed by atoms with Crippen molar-refractivity contribution in [1.29, 1.82) is 0 Å². The average molecular weight is 416 g/mol. The van der Waals surface area contributed by atoms with E-state index in [2.05, 4.69) is 15.3 Å². The third-order valence-corrected chi connectivity index (χ3v) is 4.52. The number of benzene rings is 1. The van der Waals surface area contributed by atoms with Gasteiger partial charge in [0.05, 0.1) is 12.0 Å². The first kappa shape index (κ1) is 20.6. The molecule has 5 nitrogen and oxygen atoms in total. The Labute approximate surface area is 160 Å². The molecule has 3 rings (SSSR count). The average Bonchev–Trinajstić information content (AvgIpc) is 2.67. The highest BCUT2D eigenvalue weighted by molar-refractivity contribution is 6.02. The van der Waals surface area contributed by atoms with Gasteiger partial charge < -0.3 is 11.1 Å². The Balaban J connectivity index is 2.07. The number of nitrogens with two attached hydrogens (primary N) is 1.